The van der Waals surface area contributed by atoms with Crippen molar-refractivity contribution in [2.45, 2.75) is 0 Å². The molecule has 3 heteroatoms. The second-order valence-electron chi connectivity index (χ2n) is 5.66. The van der Waals surface area contributed by atoms with E-state index >= 15 is 0 Å². The van der Waals surface area contributed by atoms with Crippen LogP contribution < -0.4 is 4.74 Å². The fraction of sp³-hybridized carbons (Fsp3) is 0. The molecule has 0 radical (unpaired) electrons. The van der Waals surface area contributed by atoms with Crippen LogP contribution in [-0.4, -0.2) is 11.0 Å². The van der Waals surface area contributed by atoms with Crippen LogP contribution >= 0.6 is 0 Å². The first-order valence-corrected chi connectivity index (χ1v) is 8.03. The number of ether oxygens (including phenoxy) is 1. The Morgan fingerprint density at radius 2 is 1.44 bits per heavy atom. The SMILES string of the molecule is O=C(Oc1cccc2cccnc12)c1ccc(-c2ccccc2)cc1. The highest BCUT2D eigenvalue weighted by Gasteiger charge is 2.11. The normalized spacial score (nSPS) is 10.6. The van der Waals surface area contributed by atoms with E-state index in [0.29, 0.717) is 16.8 Å². The van der Waals surface area contributed by atoms with E-state index in [0.717, 1.165) is 16.5 Å². The number of carbonyl (C=O) groups excluding carboxylic acids is 1. The molecule has 4 aromatic rings. The monoisotopic (exact) mass is 325 g/mol. The summed E-state index contributed by atoms with van der Waals surface area (Å²) in [7, 11) is 0. The molecular formula is C22H15NO2. The van der Waals surface area contributed by atoms with Gasteiger partial charge in [0, 0.05) is 11.6 Å². The van der Waals surface area contributed by atoms with Gasteiger partial charge in [-0.05, 0) is 35.4 Å². The lowest BCUT2D eigenvalue weighted by molar-refractivity contribution is 0.0737. The highest BCUT2D eigenvalue weighted by atomic mass is 16.5. The Morgan fingerprint density at radius 1 is 0.720 bits per heavy atom. The van der Waals surface area contributed by atoms with Crippen molar-refractivity contribution in [2.75, 3.05) is 0 Å². The lowest BCUT2D eigenvalue weighted by atomic mass is 10.0. The van der Waals surface area contributed by atoms with Gasteiger partial charge in [0.1, 0.15) is 5.52 Å². The molecule has 0 saturated heterocycles. The van der Waals surface area contributed by atoms with Crippen LogP contribution in [0.3, 0.4) is 0 Å². The van der Waals surface area contributed by atoms with Gasteiger partial charge in [0.25, 0.3) is 0 Å². The first-order chi connectivity index (χ1) is 12.3. The molecule has 3 aromatic carbocycles. The van der Waals surface area contributed by atoms with Crippen molar-refractivity contribution >= 4 is 16.9 Å². The third-order valence-corrected chi connectivity index (χ3v) is 4.03. The zero-order valence-electron chi connectivity index (χ0n) is 13.4. The molecule has 0 spiro atoms. The van der Waals surface area contributed by atoms with Gasteiger partial charge in [-0.3, -0.25) is 4.98 Å². The summed E-state index contributed by atoms with van der Waals surface area (Å²) >= 11 is 0. The lowest BCUT2D eigenvalue weighted by Gasteiger charge is -2.08. The largest absolute Gasteiger partial charge is 0.421 e. The molecule has 0 saturated carbocycles. The van der Waals surface area contributed by atoms with Crippen molar-refractivity contribution in [3.63, 3.8) is 0 Å². The van der Waals surface area contributed by atoms with Crippen molar-refractivity contribution in [1.82, 2.24) is 4.98 Å². The van der Waals surface area contributed by atoms with Crippen LogP contribution in [0.2, 0.25) is 0 Å². The molecule has 1 heterocycles. The Labute approximate surface area is 145 Å². The van der Waals surface area contributed by atoms with Crippen molar-refractivity contribution in [3.8, 4) is 16.9 Å². The van der Waals surface area contributed by atoms with Gasteiger partial charge < -0.3 is 4.74 Å². The molecule has 0 bridgehead atoms. The van der Waals surface area contributed by atoms with E-state index in [1.165, 1.54) is 0 Å². The first kappa shape index (κ1) is 15.1. The maximum absolute atomic E-state index is 12.5. The molecule has 1 aromatic heterocycles. The molecule has 0 N–H and O–H groups in total. The summed E-state index contributed by atoms with van der Waals surface area (Å²) in [6, 6.07) is 26.8. The van der Waals surface area contributed by atoms with E-state index in [1.54, 1.807) is 24.4 Å². The molecular weight excluding hydrogens is 310 g/mol. The second kappa shape index (κ2) is 6.57. The van der Waals surface area contributed by atoms with Gasteiger partial charge in [-0.25, -0.2) is 4.79 Å². The summed E-state index contributed by atoms with van der Waals surface area (Å²) in [6.07, 6.45) is 1.69. The number of pyridine rings is 1. The number of hydrogen-bond donors (Lipinski definition) is 0. The number of rotatable bonds is 3. The molecule has 4 rings (SSSR count). The smallest absolute Gasteiger partial charge is 0.343 e. The molecule has 0 aliphatic carbocycles. The van der Waals surface area contributed by atoms with Gasteiger partial charge >= 0.3 is 5.97 Å². The van der Waals surface area contributed by atoms with Gasteiger partial charge in [0.05, 0.1) is 5.56 Å². The summed E-state index contributed by atoms with van der Waals surface area (Å²) in [5.41, 5.74) is 3.36. The summed E-state index contributed by atoms with van der Waals surface area (Å²) in [5, 5.41) is 0.937. The third-order valence-electron chi connectivity index (χ3n) is 4.03. The van der Waals surface area contributed by atoms with Gasteiger partial charge in [0.2, 0.25) is 0 Å². The number of aromatic nitrogens is 1. The number of para-hydroxylation sites is 1. The van der Waals surface area contributed by atoms with Crippen LogP contribution in [0, 0.1) is 0 Å². The molecule has 3 nitrogen and oxygen atoms in total. The Morgan fingerprint density at radius 3 is 2.24 bits per heavy atom. The van der Waals surface area contributed by atoms with Gasteiger partial charge in [0.15, 0.2) is 5.75 Å². The third kappa shape index (κ3) is 3.12. The molecule has 0 aliphatic heterocycles. The van der Waals surface area contributed by atoms with Crippen LogP contribution in [-0.2, 0) is 0 Å². The van der Waals surface area contributed by atoms with E-state index in [1.807, 2.05) is 66.7 Å². The summed E-state index contributed by atoms with van der Waals surface area (Å²) in [4.78, 5) is 16.8. The van der Waals surface area contributed by atoms with Gasteiger partial charge in [-0.15, -0.1) is 0 Å². The van der Waals surface area contributed by atoms with E-state index in [4.69, 9.17) is 4.74 Å². The predicted molar refractivity (Wildman–Crippen MR) is 98.6 cm³/mol. The van der Waals surface area contributed by atoms with E-state index in [2.05, 4.69) is 4.98 Å². The van der Waals surface area contributed by atoms with Crippen LogP contribution in [0.4, 0.5) is 0 Å². The molecule has 25 heavy (non-hydrogen) atoms. The Hall–Kier alpha value is -3.46. The van der Waals surface area contributed by atoms with Gasteiger partial charge in [-0.1, -0.05) is 60.7 Å². The van der Waals surface area contributed by atoms with Crippen molar-refractivity contribution < 1.29 is 9.53 Å². The maximum atomic E-state index is 12.5. The molecule has 0 amide bonds. The number of fused-ring (bicyclic) bond motifs is 1. The molecule has 0 fully saturated rings. The quantitative estimate of drug-likeness (QED) is 0.387. The number of hydrogen-bond acceptors (Lipinski definition) is 3. The average Bonchev–Trinajstić information content (AvgIpc) is 2.69. The average molecular weight is 325 g/mol. The molecule has 120 valence electrons. The van der Waals surface area contributed by atoms with Crippen molar-refractivity contribution in [3.05, 3.63) is 96.7 Å². The lowest BCUT2D eigenvalue weighted by Crippen LogP contribution is -2.08. The number of benzene rings is 3. The van der Waals surface area contributed by atoms with Crippen molar-refractivity contribution in [2.24, 2.45) is 0 Å². The Balaban J connectivity index is 1.59. The molecule has 0 aliphatic rings. The minimum absolute atomic E-state index is 0.391. The fourth-order valence-corrected chi connectivity index (χ4v) is 2.75. The number of esters is 1. The van der Waals surface area contributed by atoms with Crippen LogP contribution in [0.5, 0.6) is 5.75 Å². The highest BCUT2D eigenvalue weighted by molar-refractivity contribution is 5.94. The van der Waals surface area contributed by atoms with Gasteiger partial charge in [-0.2, -0.15) is 0 Å². The first-order valence-electron chi connectivity index (χ1n) is 8.03. The molecule has 0 atom stereocenters. The van der Waals surface area contributed by atoms with E-state index in [-0.39, 0.29) is 0 Å². The predicted octanol–water partition coefficient (Wildman–Crippen LogP) is 5.12. The zero-order chi connectivity index (χ0) is 17.1. The standard InChI is InChI=1S/C22H15NO2/c24-22(25-20-10-4-8-18-9-5-15-23-21(18)20)19-13-11-17(12-14-19)16-6-2-1-3-7-16/h1-15H. The number of carbonyl (C=O) groups is 1. The minimum atomic E-state index is -0.391. The minimum Gasteiger partial charge on any atom is -0.421 e. The second-order valence-corrected chi connectivity index (χ2v) is 5.66. The summed E-state index contributed by atoms with van der Waals surface area (Å²) in [5.74, 6) is 0.0769. The topological polar surface area (TPSA) is 39.2 Å². The Kier molecular flexibility index (Phi) is 3.97. The number of nitrogens with zero attached hydrogens (tertiary/aromatic N) is 1. The zero-order valence-corrected chi connectivity index (χ0v) is 13.4. The highest BCUT2D eigenvalue weighted by Crippen LogP contribution is 2.24. The summed E-state index contributed by atoms with van der Waals surface area (Å²) in [6.45, 7) is 0. The fourth-order valence-electron chi connectivity index (χ4n) is 2.75. The van der Waals surface area contributed by atoms with E-state index < -0.39 is 5.97 Å². The maximum Gasteiger partial charge on any atom is 0.343 e. The van der Waals surface area contributed by atoms with Crippen LogP contribution in [0.25, 0.3) is 22.0 Å². The van der Waals surface area contributed by atoms with Crippen molar-refractivity contribution in [1.29, 1.82) is 0 Å². The van der Waals surface area contributed by atoms with Crippen LogP contribution in [0.15, 0.2) is 91.1 Å². The Bertz CT molecular complexity index is 1020. The summed E-state index contributed by atoms with van der Waals surface area (Å²) < 4.78 is 5.56. The van der Waals surface area contributed by atoms with E-state index in [9.17, 15) is 4.79 Å². The van der Waals surface area contributed by atoms with Crippen LogP contribution in [0.1, 0.15) is 10.4 Å². The molecule has 0 unspecified atom stereocenters.